The van der Waals surface area contributed by atoms with Crippen molar-refractivity contribution in [3.8, 4) is 0 Å². The molecule has 12 heteroatoms. The van der Waals surface area contributed by atoms with Crippen molar-refractivity contribution in [3.05, 3.63) is 17.5 Å². The van der Waals surface area contributed by atoms with E-state index in [-0.39, 0.29) is 10.8 Å². The fourth-order valence-electron chi connectivity index (χ4n) is 3.12. The molecule has 1 atom stereocenters. The molecule has 3 heterocycles. The number of carbonyl (C=O) groups excluding carboxylic acids is 2. The molecule has 162 valence electrons. The number of morpholine rings is 1. The molecule has 0 aliphatic carbocycles. The summed E-state index contributed by atoms with van der Waals surface area (Å²) < 4.78 is 37.8. The minimum Gasteiger partial charge on any atom is -0.379 e. The van der Waals surface area contributed by atoms with Gasteiger partial charge in [-0.05, 0) is 17.9 Å². The summed E-state index contributed by atoms with van der Waals surface area (Å²) in [6, 6.07) is 3.20. The molecule has 1 unspecified atom stereocenters. The van der Waals surface area contributed by atoms with Crippen molar-refractivity contribution in [3.63, 3.8) is 0 Å². The largest absolute Gasteiger partial charge is 0.379 e. The summed E-state index contributed by atoms with van der Waals surface area (Å²) in [6.45, 7) is 4.52. The highest BCUT2D eigenvalue weighted by atomic mass is 32.2. The third-order valence-corrected chi connectivity index (χ3v) is 7.93. The van der Waals surface area contributed by atoms with Crippen molar-refractivity contribution in [1.82, 2.24) is 19.8 Å². The van der Waals surface area contributed by atoms with Gasteiger partial charge in [0.25, 0.3) is 10.0 Å². The van der Waals surface area contributed by atoms with Crippen LogP contribution in [0.2, 0.25) is 0 Å². The smallest absolute Gasteiger partial charge is 0.309 e. The number of ether oxygens (including phenoxy) is 2. The van der Waals surface area contributed by atoms with Crippen molar-refractivity contribution in [2.75, 3.05) is 59.1 Å². The number of nitrogens with one attached hydrogen (secondary N) is 2. The first-order valence-electron chi connectivity index (χ1n) is 9.51. The predicted octanol–water partition coefficient (Wildman–Crippen LogP) is -0.950. The minimum absolute atomic E-state index is 0.0969. The molecule has 2 fully saturated rings. The lowest BCUT2D eigenvalue weighted by Gasteiger charge is -2.34. The molecule has 0 spiro atoms. The Bertz CT molecular complexity index is 780. The summed E-state index contributed by atoms with van der Waals surface area (Å²) in [4.78, 5) is 26.2. The van der Waals surface area contributed by atoms with Crippen LogP contribution >= 0.6 is 11.3 Å². The summed E-state index contributed by atoms with van der Waals surface area (Å²) in [5.41, 5.74) is 0. The zero-order valence-electron chi connectivity index (χ0n) is 16.0. The quantitative estimate of drug-likeness (QED) is 0.519. The van der Waals surface area contributed by atoms with E-state index in [0.717, 1.165) is 24.4 Å². The van der Waals surface area contributed by atoms with Gasteiger partial charge in [-0.15, -0.1) is 11.3 Å². The SMILES string of the molecule is O=C(NCCN1CCOCC1)C(=O)NCC1OCCCN1S(=O)(=O)c1cccs1. The summed E-state index contributed by atoms with van der Waals surface area (Å²) in [6.07, 6.45) is -0.280. The molecule has 10 nitrogen and oxygen atoms in total. The molecule has 1 aromatic heterocycles. The number of thiophene rings is 1. The van der Waals surface area contributed by atoms with Crippen LogP contribution in [0.4, 0.5) is 0 Å². The van der Waals surface area contributed by atoms with Crippen molar-refractivity contribution in [1.29, 1.82) is 0 Å². The molecule has 3 rings (SSSR count). The molecule has 1 aromatic rings. The van der Waals surface area contributed by atoms with Gasteiger partial charge in [-0.1, -0.05) is 6.07 Å². The average molecular weight is 447 g/mol. The van der Waals surface area contributed by atoms with Crippen molar-refractivity contribution >= 4 is 33.2 Å². The minimum atomic E-state index is -3.70. The Morgan fingerprint density at radius 1 is 1.14 bits per heavy atom. The molecule has 0 saturated carbocycles. The molecule has 29 heavy (non-hydrogen) atoms. The van der Waals surface area contributed by atoms with Gasteiger partial charge in [-0.2, -0.15) is 4.31 Å². The van der Waals surface area contributed by atoms with Gasteiger partial charge in [0.2, 0.25) is 0 Å². The van der Waals surface area contributed by atoms with Crippen LogP contribution in [0.5, 0.6) is 0 Å². The van der Waals surface area contributed by atoms with E-state index in [4.69, 9.17) is 9.47 Å². The molecule has 2 N–H and O–H groups in total. The molecule has 0 radical (unpaired) electrons. The second-order valence-corrected chi connectivity index (χ2v) is 9.71. The van der Waals surface area contributed by atoms with Gasteiger partial charge in [-0.3, -0.25) is 14.5 Å². The van der Waals surface area contributed by atoms with Crippen LogP contribution in [0.25, 0.3) is 0 Å². The Morgan fingerprint density at radius 2 is 1.90 bits per heavy atom. The van der Waals surface area contributed by atoms with Crippen molar-refractivity contribution in [2.45, 2.75) is 16.9 Å². The maximum absolute atomic E-state index is 12.8. The van der Waals surface area contributed by atoms with E-state index in [1.807, 2.05) is 0 Å². The summed E-state index contributed by atoms with van der Waals surface area (Å²) in [5, 5.41) is 6.74. The first-order chi connectivity index (χ1) is 14.0. The van der Waals surface area contributed by atoms with Gasteiger partial charge >= 0.3 is 11.8 Å². The fraction of sp³-hybridized carbons (Fsp3) is 0.647. The van der Waals surface area contributed by atoms with Crippen LogP contribution in [-0.2, 0) is 29.1 Å². The lowest BCUT2D eigenvalue weighted by Crippen LogP contribution is -2.53. The number of sulfonamides is 1. The van der Waals surface area contributed by atoms with E-state index in [1.165, 1.54) is 10.4 Å². The Labute approximate surface area is 174 Å². The summed E-state index contributed by atoms with van der Waals surface area (Å²) in [5.74, 6) is -1.56. The van der Waals surface area contributed by atoms with E-state index < -0.39 is 28.1 Å². The lowest BCUT2D eigenvalue weighted by atomic mass is 10.3. The second-order valence-electron chi connectivity index (χ2n) is 6.65. The molecule has 2 aliphatic rings. The summed E-state index contributed by atoms with van der Waals surface area (Å²) >= 11 is 1.13. The van der Waals surface area contributed by atoms with Crippen LogP contribution < -0.4 is 10.6 Å². The van der Waals surface area contributed by atoms with E-state index >= 15 is 0 Å². The molecular weight excluding hydrogens is 420 g/mol. The molecule has 0 aromatic carbocycles. The first kappa shape index (κ1) is 22.1. The van der Waals surface area contributed by atoms with Crippen LogP contribution in [0.15, 0.2) is 21.7 Å². The number of carbonyl (C=O) groups is 2. The maximum atomic E-state index is 12.8. The zero-order chi connectivity index (χ0) is 20.7. The monoisotopic (exact) mass is 446 g/mol. The first-order valence-corrected chi connectivity index (χ1v) is 11.8. The number of amides is 2. The molecule has 2 saturated heterocycles. The number of rotatable bonds is 7. The van der Waals surface area contributed by atoms with Gasteiger partial charge in [0.05, 0.1) is 26.4 Å². The van der Waals surface area contributed by atoms with Crippen LogP contribution in [0.3, 0.4) is 0 Å². The van der Waals surface area contributed by atoms with Gasteiger partial charge in [0.1, 0.15) is 10.4 Å². The molecule has 2 amide bonds. The van der Waals surface area contributed by atoms with E-state index in [9.17, 15) is 18.0 Å². The lowest BCUT2D eigenvalue weighted by molar-refractivity contribution is -0.140. The Kier molecular flexibility index (Phi) is 7.98. The molecular formula is C17H26N4O6S2. The standard InChI is InChI=1S/C17H26N4O6S2/c22-16(18-4-6-20-7-10-26-11-8-20)17(23)19-13-14-21(5-2-9-27-14)29(24,25)15-3-1-12-28-15/h1,3,12,14H,2,4-11,13H2,(H,18,22)(H,19,23). The van der Waals surface area contributed by atoms with Gasteiger partial charge in [0, 0.05) is 32.7 Å². The third kappa shape index (κ3) is 5.96. The fourth-order valence-corrected chi connectivity index (χ4v) is 5.81. The van der Waals surface area contributed by atoms with Gasteiger partial charge in [-0.25, -0.2) is 8.42 Å². The van der Waals surface area contributed by atoms with E-state index in [2.05, 4.69) is 15.5 Å². The number of hydrogen-bond donors (Lipinski definition) is 2. The highest BCUT2D eigenvalue weighted by molar-refractivity contribution is 7.91. The summed E-state index contributed by atoms with van der Waals surface area (Å²) in [7, 11) is -3.70. The van der Waals surface area contributed by atoms with Crippen LogP contribution in [-0.4, -0.2) is 94.8 Å². The van der Waals surface area contributed by atoms with Crippen molar-refractivity contribution < 1.29 is 27.5 Å². The Hall–Kier alpha value is -1.57. The van der Waals surface area contributed by atoms with Crippen LogP contribution in [0, 0.1) is 0 Å². The van der Waals surface area contributed by atoms with Crippen LogP contribution in [0.1, 0.15) is 6.42 Å². The average Bonchev–Trinajstić information content (AvgIpc) is 3.29. The van der Waals surface area contributed by atoms with Gasteiger partial charge in [0.15, 0.2) is 0 Å². The molecule has 2 aliphatic heterocycles. The highest BCUT2D eigenvalue weighted by Crippen LogP contribution is 2.25. The Morgan fingerprint density at radius 3 is 2.62 bits per heavy atom. The van der Waals surface area contributed by atoms with E-state index in [1.54, 1.807) is 11.4 Å². The maximum Gasteiger partial charge on any atom is 0.309 e. The highest BCUT2D eigenvalue weighted by Gasteiger charge is 2.35. The van der Waals surface area contributed by atoms with E-state index in [0.29, 0.717) is 45.9 Å². The third-order valence-electron chi connectivity index (χ3n) is 4.67. The topological polar surface area (TPSA) is 117 Å². The molecule has 0 bridgehead atoms. The predicted molar refractivity (Wildman–Crippen MR) is 106 cm³/mol. The van der Waals surface area contributed by atoms with Gasteiger partial charge < -0.3 is 20.1 Å². The normalized spacial score (nSPS) is 21.6. The van der Waals surface area contributed by atoms with Crippen molar-refractivity contribution in [2.24, 2.45) is 0 Å². The number of hydrogen-bond acceptors (Lipinski definition) is 8. The zero-order valence-corrected chi connectivity index (χ0v) is 17.7. The second kappa shape index (κ2) is 10.5. The number of nitrogens with zero attached hydrogens (tertiary/aromatic N) is 2. The Balaban J connectivity index is 1.46.